The fraction of sp³-hybridized carbons (Fsp3) is 0.176. The predicted molar refractivity (Wildman–Crippen MR) is 81.5 cm³/mol. The van der Waals surface area contributed by atoms with Crippen LogP contribution >= 0.6 is 0 Å². The molecule has 0 saturated carbocycles. The molecule has 2 aromatic rings. The number of rotatable bonds is 4. The predicted octanol–water partition coefficient (Wildman–Crippen LogP) is 4.21. The molecule has 2 nitrogen and oxygen atoms in total. The summed E-state index contributed by atoms with van der Waals surface area (Å²) in [5, 5.41) is 13.0. The number of hydrogen-bond acceptors (Lipinski definition) is 2. The van der Waals surface area contributed by atoms with E-state index in [1.165, 1.54) is 0 Å². The first-order chi connectivity index (χ1) is 9.03. The summed E-state index contributed by atoms with van der Waals surface area (Å²) in [6, 6.07) is 18.2. The fourth-order valence-electron chi connectivity index (χ4n) is 1.67. The van der Waals surface area contributed by atoms with Crippen molar-refractivity contribution in [3.63, 3.8) is 0 Å². The van der Waals surface area contributed by atoms with Crippen molar-refractivity contribution in [3.8, 4) is 0 Å². The third kappa shape index (κ3) is 4.60. The Morgan fingerprint density at radius 1 is 0.895 bits per heavy atom. The standard InChI is InChI=1S/C17H19NO/c1-17(2,19)13-12-14-8-10-16(11-9-14)18-15-6-4-3-5-7-15/h3-13,18-19H,1-2H3/b13-12+. The first-order valence-electron chi connectivity index (χ1n) is 6.37. The van der Waals surface area contributed by atoms with Crippen LogP contribution in [-0.4, -0.2) is 10.7 Å². The van der Waals surface area contributed by atoms with Gasteiger partial charge in [0.15, 0.2) is 0 Å². The van der Waals surface area contributed by atoms with Crippen LogP contribution in [0, 0.1) is 0 Å². The lowest BCUT2D eigenvalue weighted by atomic mass is 10.1. The van der Waals surface area contributed by atoms with Gasteiger partial charge in [-0.2, -0.15) is 0 Å². The zero-order valence-corrected chi connectivity index (χ0v) is 11.3. The molecule has 0 fully saturated rings. The number of aliphatic hydroxyl groups is 1. The first-order valence-corrected chi connectivity index (χ1v) is 6.37. The molecule has 2 rings (SSSR count). The maximum absolute atomic E-state index is 9.63. The van der Waals surface area contributed by atoms with Gasteiger partial charge in [0.25, 0.3) is 0 Å². The largest absolute Gasteiger partial charge is 0.386 e. The Hall–Kier alpha value is -2.06. The molecule has 2 heteroatoms. The second kappa shape index (κ2) is 5.72. The van der Waals surface area contributed by atoms with E-state index in [1.807, 2.05) is 60.7 Å². The van der Waals surface area contributed by atoms with Crippen LogP contribution in [-0.2, 0) is 0 Å². The van der Waals surface area contributed by atoms with Gasteiger partial charge in [-0.3, -0.25) is 0 Å². The minimum Gasteiger partial charge on any atom is -0.386 e. The molecule has 0 aliphatic heterocycles. The first kappa shape index (κ1) is 13.4. The lowest BCUT2D eigenvalue weighted by Crippen LogP contribution is -2.13. The van der Waals surface area contributed by atoms with Crippen LogP contribution in [0.1, 0.15) is 19.4 Å². The number of anilines is 2. The third-order valence-corrected chi connectivity index (χ3v) is 2.66. The maximum atomic E-state index is 9.63. The molecule has 0 aromatic heterocycles. The number of para-hydroxylation sites is 1. The van der Waals surface area contributed by atoms with E-state index in [0.717, 1.165) is 16.9 Å². The van der Waals surface area contributed by atoms with Crippen LogP contribution in [0.15, 0.2) is 60.7 Å². The molecule has 2 aromatic carbocycles. The number of hydrogen-bond donors (Lipinski definition) is 2. The van der Waals surface area contributed by atoms with Crippen molar-refractivity contribution in [3.05, 3.63) is 66.2 Å². The van der Waals surface area contributed by atoms with Gasteiger partial charge in [0, 0.05) is 11.4 Å². The van der Waals surface area contributed by atoms with Crippen LogP contribution in [0.2, 0.25) is 0 Å². The van der Waals surface area contributed by atoms with Crippen LogP contribution in [0.5, 0.6) is 0 Å². The zero-order valence-electron chi connectivity index (χ0n) is 11.3. The quantitative estimate of drug-likeness (QED) is 0.855. The second-order valence-electron chi connectivity index (χ2n) is 5.10. The summed E-state index contributed by atoms with van der Waals surface area (Å²) in [4.78, 5) is 0. The van der Waals surface area contributed by atoms with Gasteiger partial charge in [0.1, 0.15) is 0 Å². The van der Waals surface area contributed by atoms with Gasteiger partial charge >= 0.3 is 0 Å². The monoisotopic (exact) mass is 253 g/mol. The van der Waals surface area contributed by atoms with Crippen molar-refractivity contribution >= 4 is 17.5 Å². The fourth-order valence-corrected chi connectivity index (χ4v) is 1.67. The Morgan fingerprint density at radius 2 is 1.47 bits per heavy atom. The van der Waals surface area contributed by atoms with E-state index in [2.05, 4.69) is 5.32 Å². The van der Waals surface area contributed by atoms with E-state index in [4.69, 9.17) is 0 Å². The van der Waals surface area contributed by atoms with E-state index in [1.54, 1.807) is 19.9 Å². The van der Waals surface area contributed by atoms with Crippen molar-refractivity contribution in [1.82, 2.24) is 0 Å². The average Bonchev–Trinajstić information content (AvgIpc) is 2.38. The number of benzene rings is 2. The van der Waals surface area contributed by atoms with Gasteiger partial charge < -0.3 is 10.4 Å². The maximum Gasteiger partial charge on any atom is 0.0774 e. The second-order valence-corrected chi connectivity index (χ2v) is 5.10. The summed E-state index contributed by atoms with van der Waals surface area (Å²) in [5.41, 5.74) is 2.41. The molecule has 0 saturated heterocycles. The van der Waals surface area contributed by atoms with Crippen molar-refractivity contribution in [1.29, 1.82) is 0 Å². The van der Waals surface area contributed by atoms with E-state index in [0.29, 0.717) is 0 Å². The molecule has 0 aliphatic rings. The molecular formula is C17H19NO. The number of nitrogens with one attached hydrogen (secondary N) is 1. The van der Waals surface area contributed by atoms with E-state index in [-0.39, 0.29) is 0 Å². The summed E-state index contributed by atoms with van der Waals surface area (Å²) in [7, 11) is 0. The molecule has 2 N–H and O–H groups in total. The van der Waals surface area contributed by atoms with Crippen molar-refractivity contribution in [2.45, 2.75) is 19.4 Å². The van der Waals surface area contributed by atoms with Gasteiger partial charge in [-0.1, -0.05) is 42.5 Å². The highest BCUT2D eigenvalue weighted by atomic mass is 16.3. The summed E-state index contributed by atoms with van der Waals surface area (Å²) in [5.74, 6) is 0. The highest BCUT2D eigenvalue weighted by Gasteiger charge is 2.05. The van der Waals surface area contributed by atoms with Gasteiger partial charge in [0.2, 0.25) is 0 Å². The minimum absolute atomic E-state index is 0.777. The SMILES string of the molecule is CC(C)(O)/C=C/c1ccc(Nc2ccccc2)cc1. The van der Waals surface area contributed by atoms with Gasteiger partial charge in [-0.05, 0) is 43.7 Å². The summed E-state index contributed by atoms with van der Waals surface area (Å²) in [6.07, 6.45) is 3.71. The summed E-state index contributed by atoms with van der Waals surface area (Å²) >= 11 is 0. The highest BCUT2D eigenvalue weighted by Crippen LogP contribution is 2.17. The van der Waals surface area contributed by atoms with Crippen LogP contribution in [0.25, 0.3) is 6.08 Å². The van der Waals surface area contributed by atoms with Gasteiger partial charge in [0.05, 0.1) is 5.60 Å². The molecule has 0 heterocycles. The molecular weight excluding hydrogens is 234 g/mol. The summed E-state index contributed by atoms with van der Waals surface area (Å²) < 4.78 is 0. The van der Waals surface area contributed by atoms with Crippen molar-refractivity contribution in [2.75, 3.05) is 5.32 Å². The van der Waals surface area contributed by atoms with Crippen molar-refractivity contribution < 1.29 is 5.11 Å². The van der Waals surface area contributed by atoms with E-state index >= 15 is 0 Å². The minimum atomic E-state index is -0.777. The summed E-state index contributed by atoms with van der Waals surface area (Å²) in [6.45, 7) is 3.52. The molecule has 19 heavy (non-hydrogen) atoms. The Labute approximate surface area is 114 Å². The molecule has 0 aliphatic carbocycles. The molecule has 0 atom stereocenters. The van der Waals surface area contributed by atoms with E-state index in [9.17, 15) is 5.11 Å². The lowest BCUT2D eigenvalue weighted by molar-refractivity contribution is 0.134. The van der Waals surface area contributed by atoms with Crippen LogP contribution in [0.3, 0.4) is 0 Å². The molecule has 0 unspecified atom stereocenters. The Balaban J connectivity index is 2.05. The Morgan fingerprint density at radius 3 is 2.05 bits per heavy atom. The molecule has 98 valence electrons. The molecule has 0 amide bonds. The normalized spacial score (nSPS) is 11.7. The highest BCUT2D eigenvalue weighted by molar-refractivity contribution is 5.62. The van der Waals surface area contributed by atoms with E-state index < -0.39 is 5.60 Å². The van der Waals surface area contributed by atoms with Gasteiger partial charge in [-0.25, -0.2) is 0 Å². The van der Waals surface area contributed by atoms with Crippen LogP contribution < -0.4 is 5.32 Å². The lowest BCUT2D eigenvalue weighted by Gasteiger charge is -2.10. The third-order valence-electron chi connectivity index (χ3n) is 2.66. The Kier molecular flexibility index (Phi) is 4.03. The molecule has 0 radical (unpaired) electrons. The van der Waals surface area contributed by atoms with Crippen molar-refractivity contribution in [2.24, 2.45) is 0 Å². The molecule has 0 spiro atoms. The molecule has 0 bridgehead atoms. The Bertz CT molecular complexity index is 536. The van der Waals surface area contributed by atoms with Crippen LogP contribution in [0.4, 0.5) is 11.4 Å². The smallest absolute Gasteiger partial charge is 0.0774 e. The topological polar surface area (TPSA) is 32.3 Å². The average molecular weight is 253 g/mol. The zero-order chi connectivity index (χ0) is 13.7. The van der Waals surface area contributed by atoms with Gasteiger partial charge in [-0.15, -0.1) is 0 Å².